The van der Waals surface area contributed by atoms with Crippen LogP contribution in [0, 0.1) is 6.92 Å². The minimum atomic E-state index is -4.08. The van der Waals surface area contributed by atoms with Crippen LogP contribution in [0.1, 0.15) is 18.4 Å². The lowest BCUT2D eigenvalue weighted by molar-refractivity contribution is -0.140. The number of rotatable bonds is 7. The lowest BCUT2D eigenvalue weighted by atomic mass is 10.2. The maximum absolute atomic E-state index is 12.2. The lowest BCUT2D eigenvalue weighted by Crippen LogP contribution is -2.41. The van der Waals surface area contributed by atoms with E-state index in [0.29, 0.717) is 10.6 Å². The minimum absolute atomic E-state index is 0.103. The molecular formula is C12H14ClNO6S. The van der Waals surface area contributed by atoms with Gasteiger partial charge in [0.1, 0.15) is 6.04 Å². The van der Waals surface area contributed by atoms with Crippen LogP contribution in [0.4, 0.5) is 0 Å². The van der Waals surface area contributed by atoms with Gasteiger partial charge in [-0.3, -0.25) is 9.59 Å². The molecule has 0 amide bonds. The summed E-state index contributed by atoms with van der Waals surface area (Å²) in [5.41, 5.74) is 0.359. The normalized spacial score (nSPS) is 12.9. The predicted molar refractivity (Wildman–Crippen MR) is 74.8 cm³/mol. The Morgan fingerprint density at radius 3 is 2.43 bits per heavy atom. The van der Waals surface area contributed by atoms with E-state index in [1.165, 1.54) is 25.1 Å². The van der Waals surface area contributed by atoms with Gasteiger partial charge in [0.05, 0.1) is 4.90 Å². The van der Waals surface area contributed by atoms with Gasteiger partial charge in [0.25, 0.3) is 0 Å². The molecule has 116 valence electrons. The van der Waals surface area contributed by atoms with Gasteiger partial charge in [-0.05, 0) is 37.1 Å². The summed E-state index contributed by atoms with van der Waals surface area (Å²) < 4.78 is 26.3. The number of benzene rings is 1. The van der Waals surface area contributed by atoms with E-state index >= 15 is 0 Å². The molecule has 0 saturated carbocycles. The SMILES string of the molecule is Cc1cc(Cl)ccc1S(=O)(=O)NC(CCC(=O)O)C(=O)O. The number of hydrogen-bond donors (Lipinski definition) is 3. The van der Waals surface area contributed by atoms with Crippen molar-refractivity contribution in [3.05, 3.63) is 28.8 Å². The van der Waals surface area contributed by atoms with Gasteiger partial charge in [-0.2, -0.15) is 4.72 Å². The summed E-state index contributed by atoms with van der Waals surface area (Å²) in [7, 11) is -4.08. The molecule has 21 heavy (non-hydrogen) atoms. The number of hydrogen-bond acceptors (Lipinski definition) is 4. The Hall–Kier alpha value is -1.64. The molecule has 7 nitrogen and oxygen atoms in total. The second-order valence-corrected chi connectivity index (χ2v) is 6.47. The first-order valence-electron chi connectivity index (χ1n) is 5.86. The van der Waals surface area contributed by atoms with Crippen LogP contribution in [-0.4, -0.2) is 36.6 Å². The van der Waals surface area contributed by atoms with Gasteiger partial charge in [0.15, 0.2) is 0 Å². The summed E-state index contributed by atoms with van der Waals surface area (Å²) in [6.45, 7) is 1.52. The molecule has 0 aliphatic rings. The van der Waals surface area contributed by atoms with Gasteiger partial charge >= 0.3 is 11.9 Å². The van der Waals surface area contributed by atoms with Gasteiger partial charge in [-0.1, -0.05) is 11.6 Å². The van der Waals surface area contributed by atoms with Crippen molar-refractivity contribution in [1.82, 2.24) is 4.72 Å². The molecule has 1 rings (SSSR count). The monoisotopic (exact) mass is 335 g/mol. The van der Waals surface area contributed by atoms with E-state index < -0.39 is 34.4 Å². The van der Waals surface area contributed by atoms with Crippen LogP contribution in [0.2, 0.25) is 5.02 Å². The van der Waals surface area contributed by atoms with Gasteiger partial charge in [-0.15, -0.1) is 0 Å². The maximum atomic E-state index is 12.2. The summed E-state index contributed by atoms with van der Waals surface area (Å²) in [6.07, 6.45) is -0.810. The number of halogens is 1. The number of aryl methyl sites for hydroxylation is 1. The zero-order valence-electron chi connectivity index (χ0n) is 11.0. The summed E-state index contributed by atoms with van der Waals surface area (Å²) >= 11 is 5.73. The Labute approximate surface area is 126 Å². The average Bonchev–Trinajstić information content (AvgIpc) is 2.33. The fourth-order valence-electron chi connectivity index (χ4n) is 1.67. The molecule has 9 heteroatoms. The second kappa shape index (κ2) is 6.88. The first-order valence-corrected chi connectivity index (χ1v) is 7.72. The highest BCUT2D eigenvalue weighted by Crippen LogP contribution is 2.20. The van der Waals surface area contributed by atoms with Crippen molar-refractivity contribution in [2.24, 2.45) is 0 Å². The molecule has 0 aliphatic carbocycles. The predicted octanol–water partition coefficient (Wildman–Crippen LogP) is 1.24. The van der Waals surface area contributed by atoms with Crippen molar-refractivity contribution in [3.63, 3.8) is 0 Å². The molecule has 0 radical (unpaired) electrons. The number of carbonyl (C=O) groups is 2. The highest BCUT2D eigenvalue weighted by molar-refractivity contribution is 7.89. The van der Waals surface area contributed by atoms with Crippen LogP contribution >= 0.6 is 11.6 Å². The van der Waals surface area contributed by atoms with Crippen LogP contribution in [0.25, 0.3) is 0 Å². The van der Waals surface area contributed by atoms with E-state index in [0.717, 1.165) is 0 Å². The van der Waals surface area contributed by atoms with Crippen LogP contribution in [0.5, 0.6) is 0 Å². The van der Waals surface area contributed by atoms with Crippen molar-refractivity contribution in [2.75, 3.05) is 0 Å². The molecule has 0 aromatic heterocycles. The first-order chi connectivity index (χ1) is 9.63. The maximum Gasteiger partial charge on any atom is 0.321 e. The molecule has 3 N–H and O–H groups in total. The molecule has 0 saturated heterocycles. The molecule has 1 aromatic rings. The molecule has 0 bridgehead atoms. The second-order valence-electron chi connectivity index (χ2n) is 4.35. The van der Waals surface area contributed by atoms with Crippen molar-refractivity contribution in [2.45, 2.75) is 30.7 Å². The van der Waals surface area contributed by atoms with Gasteiger partial charge < -0.3 is 10.2 Å². The Morgan fingerprint density at radius 2 is 1.95 bits per heavy atom. The molecule has 0 fully saturated rings. The zero-order valence-corrected chi connectivity index (χ0v) is 12.6. The Balaban J connectivity index is 3.00. The first kappa shape index (κ1) is 17.4. The van der Waals surface area contributed by atoms with Gasteiger partial charge in [-0.25, -0.2) is 8.42 Å². The van der Waals surface area contributed by atoms with Gasteiger partial charge in [0.2, 0.25) is 10.0 Å². The molecule has 0 heterocycles. The standard InChI is InChI=1S/C12H14ClNO6S/c1-7-6-8(13)2-4-10(7)21(19,20)14-9(12(17)18)3-5-11(15)16/h2,4,6,9,14H,3,5H2,1H3,(H,15,16)(H,17,18). The van der Waals surface area contributed by atoms with E-state index in [1.807, 2.05) is 4.72 Å². The van der Waals surface area contributed by atoms with E-state index in [-0.39, 0.29) is 11.3 Å². The Bertz CT molecular complexity index is 658. The van der Waals surface area contributed by atoms with Crippen molar-refractivity contribution in [3.8, 4) is 0 Å². The molecule has 1 atom stereocenters. The van der Waals surface area contributed by atoms with Crippen LogP contribution < -0.4 is 4.72 Å². The topological polar surface area (TPSA) is 121 Å². The molecular weight excluding hydrogens is 322 g/mol. The third kappa shape index (κ3) is 5.00. The molecule has 1 aromatic carbocycles. The average molecular weight is 336 g/mol. The molecule has 0 aliphatic heterocycles. The number of aliphatic carboxylic acids is 2. The van der Waals surface area contributed by atoms with Crippen molar-refractivity contribution >= 4 is 33.6 Å². The lowest BCUT2D eigenvalue weighted by Gasteiger charge is -2.15. The fraction of sp³-hybridized carbons (Fsp3) is 0.333. The van der Waals surface area contributed by atoms with E-state index in [9.17, 15) is 18.0 Å². The molecule has 0 spiro atoms. The van der Waals surface area contributed by atoms with E-state index in [4.69, 9.17) is 21.8 Å². The zero-order chi connectivity index (χ0) is 16.2. The largest absolute Gasteiger partial charge is 0.481 e. The Kier molecular flexibility index (Phi) is 5.70. The summed E-state index contributed by atoms with van der Waals surface area (Å²) in [5, 5.41) is 17.9. The van der Waals surface area contributed by atoms with Crippen LogP contribution in [0.15, 0.2) is 23.1 Å². The van der Waals surface area contributed by atoms with Crippen molar-refractivity contribution in [1.29, 1.82) is 0 Å². The molecule has 1 unspecified atom stereocenters. The number of nitrogens with one attached hydrogen (secondary N) is 1. The van der Waals surface area contributed by atoms with Crippen LogP contribution in [0.3, 0.4) is 0 Å². The Morgan fingerprint density at radius 1 is 1.33 bits per heavy atom. The van der Waals surface area contributed by atoms with Crippen molar-refractivity contribution < 1.29 is 28.2 Å². The van der Waals surface area contributed by atoms with Crippen LogP contribution in [-0.2, 0) is 19.6 Å². The number of carboxylic acid groups (broad SMARTS) is 2. The third-order valence-corrected chi connectivity index (χ3v) is 4.54. The van der Waals surface area contributed by atoms with E-state index in [2.05, 4.69) is 0 Å². The summed E-state index contributed by atoms with van der Waals surface area (Å²) in [6, 6.07) is 2.55. The smallest absolute Gasteiger partial charge is 0.321 e. The summed E-state index contributed by atoms with van der Waals surface area (Å²) in [5.74, 6) is -2.64. The highest BCUT2D eigenvalue weighted by Gasteiger charge is 2.26. The quantitative estimate of drug-likeness (QED) is 0.689. The number of sulfonamides is 1. The van der Waals surface area contributed by atoms with E-state index in [1.54, 1.807) is 0 Å². The summed E-state index contributed by atoms with van der Waals surface area (Å²) in [4.78, 5) is 21.4. The van der Waals surface area contributed by atoms with Gasteiger partial charge in [0, 0.05) is 11.4 Å². The number of carboxylic acids is 2. The minimum Gasteiger partial charge on any atom is -0.481 e. The fourth-order valence-corrected chi connectivity index (χ4v) is 3.34. The highest BCUT2D eigenvalue weighted by atomic mass is 35.5. The third-order valence-electron chi connectivity index (χ3n) is 2.67.